The van der Waals surface area contributed by atoms with Crippen molar-refractivity contribution in [2.75, 3.05) is 13.7 Å². The third-order valence-corrected chi connectivity index (χ3v) is 4.21. The zero-order chi connectivity index (χ0) is 17.6. The van der Waals surface area contributed by atoms with E-state index in [1.54, 1.807) is 21.0 Å². The highest BCUT2D eigenvalue weighted by atomic mass is 16.5. The molecule has 24 heavy (non-hydrogen) atoms. The molecule has 0 unspecified atom stereocenters. The van der Waals surface area contributed by atoms with Gasteiger partial charge >= 0.3 is 5.97 Å². The number of nitrogens with one attached hydrogen (secondary N) is 1. The predicted molar refractivity (Wildman–Crippen MR) is 96.2 cm³/mol. The largest absolute Gasteiger partial charge is 0.496 e. The van der Waals surface area contributed by atoms with E-state index in [1.165, 1.54) is 5.56 Å². The van der Waals surface area contributed by atoms with Gasteiger partial charge in [0.15, 0.2) is 0 Å². The highest BCUT2D eigenvalue weighted by molar-refractivity contribution is 5.73. The van der Waals surface area contributed by atoms with E-state index in [4.69, 9.17) is 9.84 Å². The van der Waals surface area contributed by atoms with Crippen LogP contribution >= 0.6 is 0 Å². The number of carbonyl (C=O) groups is 1. The Morgan fingerprint density at radius 2 is 1.79 bits per heavy atom. The van der Waals surface area contributed by atoms with Crippen LogP contribution in [0, 0.1) is 5.41 Å². The molecule has 0 amide bonds. The summed E-state index contributed by atoms with van der Waals surface area (Å²) in [6, 6.07) is 16.3. The average molecular weight is 327 g/mol. The van der Waals surface area contributed by atoms with Crippen molar-refractivity contribution < 1.29 is 14.6 Å². The zero-order valence-corrected chi connectivity index (χ0v) is 14.5. The number of hydrogen-bond donors (Lipinski definition) is 2. The molecule has 0 spiro atoms. The molecule has 0 aromatic heterocycles. The number of para-hydroxylation sites is 1. The second-order valence-electron chi connectivity index (χ2n) is 6.51. The van der Waals surface area contributed by atoms with E-state index >= 15 is 0 Å². The summed E-state index contributed by atoms with van der Waals surface area (Å²) in [5, 5.41) is 12.4. The van der Waals surface area contributed by atoms with Gasteiger partial charge in [0.25, 0.3) is 0 Å². The van der Waals surface area contributed by atoms with E-state index in [1.807, 2.05) is 24.3 Å². The Bertz CT molecular complexity index is 678. The van der Waals surface area contributed by atoms with Crippen molar-refractivity contribution in [2.45, 2.75) is 26.8 Å². The van der Waals surface area contributed by atoms with Gasteiger partial charge < -0.3 is 15.2 Å². The standard InChI is InChI=1S/C20H25NO3/c1-20(2,19(22)23)12-13-21-14-15-8-10-16(11-9-15)17-6-4-5-7-18(17)24-3/h4-11,21H,12-14H2,1-3H3,(H,22,23). The van der Waals surface area contributed by atoms with Crippen molar-refractivity contribution in [1.82, 2.24) is 5.32 Å². The van der Waals surface area contributed by atoms with Gasteiger partial charge in [-0.15, -0.1) is 0 Å². The highest BCUT2D eigenvalue weighted by Gasteiger charge is 2.25. The summed E-state index contributed by atoms with van der Waals surface area (Å²) in [7, 11) is 1.68. The maximum absolute atomic E-state index is 11.1. The fourth-order valence-electron chi connectivity index (χ4n) is 2.43. The van der Waals surface area contributed by atoms with Crippen molar-refractivity contribution in [2.24, 2.45) is 5.41 Å². The van der Waals surface area contributed by atoms with Crippen molar-refractivity contribution >= 4 is 5.97 Å². The molecular weight excluding hydrogens is 302 g/mol. The molecule has 2 rings (SSSR count). The number of rotatable bonds is 8. The Kier molecular flexibility index (Phi) is 5.99. The summed E-state index contributed by atoms with van der Waals surface area (Å²) in [4.78, 5) is 11.1. The number of carboxylic acid groups (broad SMARTS) is 1. The van der Waals surface area contributed by atoms with Crippen LogP contribution in [-0.2, 0) is 11.3 Å². The third-order valence-electron chi connectivity index (χ3n) is 4.21. The molecule has 0 aliphatic carbocycles. The monoisotopic (exact) mass is 327 g/mol. The van der Waals surface area contributed by atoms with Gasteiger partial charge in [-0.3, -0.25) is 4.79 Å². The highest BCUT2D eigenvalue weighted by Crippen LogP contribution is 2.29. The van der Waals surface area contributed by atoms with E-state index < -0.39 is 11.4 Å². The van der Waals surface area contributed by atoms with Gasteiger partial charge in [0.2, 0.25) is 0 Å². The fourth-order valence-corrected chi connectivity index (χ4v) is 2.43. The van der Waals surface area contributed by atoms with Crippen molar-refractivity contribution in [3.63, 3.8) is 0 Å². The van der Waals surface area contributed by atoms with Crippen LogP contribution in [-0.4, -0.2) is 24.7 Å². The average Bonchev–Trinajstić information content (AvgIpc) is 2.59. The van der Waals surface area contributed by atoms with Crippen molar-refractivity contribution in [3.8, 4) is 16.9 Å². The first-order chi connectivity index (χ1) is 11.4. The number of aliphatic carboxylic acids is 1. The molecule has 2 N–H and O–H groups in total. The molecule has 0 fully saturated rings. The fraction of sp³-hybridized carbons (Fsp3) is 0.350. The topological polar surface area (TPSA) is 58.6 Å². The molecule has 0 saturated carbocycles. The molecule has 128 valence electrons. The predicted octanol–water partition coefficient (Wildman–Crippen LogP) is 3.95. The van der Waals surface area contributed by atoms with Gasteiger partial charge in [-0.25, -0.2) is 0 Å². The Morgan fingerprint density at radius 3 is 2.42 bits per heavy atom. The molecular formula is C20H25NO3. The van der Waals surface area contributed by atoms with E-state index in [2.05, 4.69) is 29.6 Å². The van der Waals surface area contributed by atoms with Crippen LogP contribution in [0.5, 0.6) is 5.75 Å². The summed E-state index contributed by atoms with van der Waals surface area (Å²) >= 11 is 0. The third kappa shape index (κ3) is 4.59. The molecule has 0 aliphatic heterocycles. The Labute approximate surface area is 143 Å². The maximum Gasteiger partial charge on any atom is 0.309 e. The van der Waals surface area contributed by atoms with E-state index in [9.17, 15) is 4.79 Å². The lowest BCUT2D eigenvalue weighted by molar-refractivity contribution is -0.147. The van der Waals surface area contributed by atoms with Gasteiger partial charge in [-0.05, 0) is 44.0 Å². The van der Waals surface area contributed by atoms with Gasteiger partial charge in [-0.2, -0.15) is 0 Å². The summed E-state index contributed by atoms with van der Waals surface area (Å²) < 4.78 is 5.40. The van der Waals surface area contributed by atoms with E-state index in [0.29, 0.717) is 13.0 Å². The molecule has 2 aromatic rings. The second kappa shape index (κ2) is 7.97. The molecule has 0 bridgehead atoms. The minimum Gasteiger partial charge on any atom is -0.496 e. The molecule has 2 aromatic carbocycles. The molecule has 0 aliphatic rings. The van der Waals surface area contributed by atoms with E-state index in [0.717, 1.165) is 23.4 Å². The molecule has 4 nitrogen and oxygen atoms in total. The minimum absolute atomic E-state index is 0.599. The number of ether oxygens (including phenoxy) is 1. The van der Waals surface area contributed by atoms with Crippen LogP contribution in [0.15, 0.2) is 48.5 Å². The molecule has 0 heterocycles. The summed E-state index contributed by atoms with van der Waals surface area (Å²) in [6.07, 6.45) is 0.599. The molecule has 0 atom stereocenters. The first kappa shape index (κ1) is 18.0. The molecule has 0 radical (unpaired) electrons. The van der Waals surface area contributed by atoms with Crippen LogP contribution in [0.3, 0.4) is 0 Å². The lowest BCUT2D eigenvalue weighted by Gasteiger charge is -2.19. The van der Waals surface area contributed by atoms with Gasteiger partial charge in [0.1, 0.15) is 5.75 Å². The molecule has 0 saturated heterocycles. The zero-order valence-electron chi connectivity index (χ0n) is 14.5. The van der Waals surface area contributed by atoms with Crippen LogP contribution < -0.4 is 10.1 Å². The first-order valence-corrected chi connectivity index (χ1v) is 8.10. The quantitative estimate of drug-likeness (QED) is 0.721. The van der Waals surface area contributed by atoms with Crippen molar-refractivity contribution in [3.05, 3.63) is 54.1 Å². The second-order valence-corrected chi connectivity index (χ2v) is 6.51. The summed E-state index contributed by atoms with van der Waals surface area (Å²) in [6.45, 7) is 4.90. The maximum atomic E-state index is 11.1. The number of benzene rings is 2. The van der Waals surface area contributed by atoms with Crippen LogP contribution in [0.4, 0.5) is 0 Å². The lowest BCUT2D eigenvalue weighted by atomic mass is 9.90. The lowest BCUT2D eigenvalue weighted by Crippen LogP contribution is -2.28. The van der Waals surface area contributed by atoms with Gasteiger partial charge in [0.05, 0.1) is 12.5 Å². The summed E-state index contributed by atoms with van der Waals surface area (Å²) in [5.41, 5.74) is 2.66. The Hall–Kier alpha value is -2.33. The van der Waals surface area contributed by atoms with E-state index in [-0.39, 0.29) is 0 Å². The van der Waals surface area contributed by atoms with Gasteiger partial charge in [0, 0.05) is 12.1 Å². The Morgan fingerprint density at radius 1 is 1.12 bits per heavy atom. The summed E-state index contributed by atoms with van der Waals surface area (Å²) in [5.74, 6) is 0.102. The van der Waals surface area contributed by atoms with Gasteiger partial charge in [-0.1, -0.05) is 42.5 Å². The normalized spacial score (nSPS) is 11.3. The van der Waals surface area contributed by atoms with Crippen molar-refractivity contribution in [1.29, 1.82) is 0 Å². The number of methoxy groups -OCH3 is 1. The molecule has 4 heteroatoms. The number of hydrogen-bond acceptors (Lipinski definition) is 3. The SMILES string of the molecule is COc1ccccc1-c1ccc(CNCCC(C)(C)C(=O)O)cc1. The van der Waals surface area contributed by atoms with Crippen LogP contribution in [0.1, 0.15) is 25.8 Å². The minimum atomic E-state index is -0.759. The first-order valence-electron chi connectivity index (χ1n) is 8.10. The van der Waals surface area contributed by atoms with Crippen LogP contribution in [0.25, 0.3) is 11.1 Å². The Balaban J connectivity index is 1.92. The smallest absolute Gasteiger partial charge is 0.309 e. The number of carboxylic acids is 1. The van der Waals surface area contributed by atoms with Crippen LogP contribution in [0.2, 0.25) is 0 Å².